The van der Waals surface area contributed by atoms with Gasteiger partial charge in [0.1, 0.15) is 0 Å². The molecule has 0 aliphatic heterocycles. The molecule has 5 heteroatoms. The number of aliphatic hydroxyl groups excluding tert-OH is 2. The summed E-state index contributed by atoms with van der Waals surface area (Å²) in [6.45, 7) is 2.71. The standard InChI is InChI=1S/C5H10NO3.Y/c1-4(8)6-2-5(9)3-7;/h5,7,9H,1-3H2,(H,6,8);/q-1;. The number of rotatable bonds is 3. The van der Waals surface area contributed by atoms with Gasteiger partial charge in [-0.15, -0.1) is 0 Å². The van der Waals surface area contributed by atoms with E-state index in [9.17, 15) is 4.79 Å². The minimum absolute atomic E-state index is 0. The molecule has 3 N–H and O–H groups in total. The maximum Gasteiger partial charge on any atom is 0.0942 e. The number of amides is 1. The van der Waals surface area contributed by atoms with E-state index in [0.29, 0.717) is 0 Å². The van der Waals surface area contributed by atoms with Gasteiger partial charge in [-0.05, 0) is 0 Å². The fraction of sp³-hybridized carbons (Fsp3) is 0.600. The topological polar surface area (TPSA) is 69.6 Å². The van der Waals surface area contributed by atoms with Crippen molar-refractivity contribution in [1.29, 1.82) is 0 Å². The third-order valence-corrected chi connectivity index (χ3v) is 0.746. The SMILES string of the molecule is [CH2-]C(=O)NCC(O)CO.[Y]. The molecule has 0 aromatic carbocycles. The molecule has 4 nitrogen and oxygen atoms in total. The molecule has 1 atom stereocenters. The Morgan fingerprint density at radius 1 is 1.70 bits per heavy atom. The molecule has 0 saturated heterocycles. The summed E-state index contributed by atoms with van der Waals surface area (Å²) in [5, 5.41) is 19.1. The first-order valence-electron chi connectivity index (χ1n) is 2.55. The molecule has 0 fully saturated rings. The first-order chi connectivity index (χ1) is 4.16. The molecule has 0 aromatic rings. The van der Waals surface area contributed by atoms with Crippen LogP contribution >= 0.6 is 0 Å². The molecule has 57 valence electrons. The van der Waals surface area contributed by atoms with Crippen LogP contribution in [0.25, 0.3) is 0 Å². The Hall–Kier alpha value is 0.364. The number of hydrogen-bond acceptors (Lipinski definition) is 3. The Morgan fingerprint density at radius 3 is 2.50 bits per heavy atom. The molecule has 0 aromatic heterocycles. The van der Waals surface area contributed by atoms with Crippen molar-refractivity contribution in [1.82, 2.24) is 5.32 Å². The summed E-state index contributed by atoms with van der Waals surface area (Å²) in [6, 6.07) is 0. The Morgan fingerprint density at radius 2 is 2.20 bits per heavy atom. The van der Waals surface area contributed by atoms with E-state index in [0.717, 1.165) is 0 Å². The van der Waals surface area contributed by atoms with Gasteiger partial charge < -0.3 is 27.2 Å². The summed E-state index contributed by atoms with van der Waals surface area (Å²) >= 11 is 0. The van der Waals surface area contributed by atoms with Crippen molar-refractivity contribution in [3.63, 3.8) is 0 Å². The fourth-order valence-electron chi connectivity index (χ4n) is 0.296. The number of carbonyl (C=O) groups is 1. The van der Waals surface area contributed by atoms with Gasteiger partial charge in [0, 0.05) is 39.3 Å². The summed E-state index contributed by atoms with van der Waals surface area (Å²) < 4.78 is 0. The van der Waals surface area contributed by atoms with E-state index in [1.54, 1.807) is 0 Å². The second kappa shape index (κ2) is 7.47. The van der Waals surface area contributed by atoms with Crippen LogP contribution in [-0.2, 0) is 37.5 Å². The third kappa shape index (κ3) is 8.36. The average Bonchev–Trinajstić information content (AvgIpc) is 1.83. The Kier molecular flexibility index (Phi) is 9.70. The van der Waals surface area contributed by atoms with Crippen LogP contribution in [0.5, 0.6) is 0 Å². The number of carbonyl (C=O) groups excluding carboxylic acids is 1. The summed E-state index contributed by atoms with van der Waals surface area (Å²) in [5.41, 5.74) is 0. The zero-order chi connectivity index (χ0) is 7.28. The van der Waals surface area contributed by atoms with Gasteiger partial charge in [0.15, 0.2) is 0 Å². The van der Waals surface area contributed by atoms with Gasteiger partial charge >= 0.3 is 0 Å². The van der Waals surface area contributed by atoms with E-state index in [4.69, 9.17) is 10.2 Å². The van der Waals surface area contributed by atoms with Gasteiger partial charge in [0.25, 0.3) is 0 Å². The van der Waals surface area contributed by atoms with Crippen molar-refractivity contribution >= 4 is 5.91 Å². The van der Waals surface area contributed by atoms with Crippen molar-refractivity contribution in [2.75, 3.05) is 13.2 Å². The Balaban J connectivity index is 0. The predicted molar refractivity (Wildman–Crippen MR) is 31.5 cm³/mol. The monoisotopic (exact) mass is 221 g/mol. The third-order valence-electron chi connectivity index (χ3n) is 0.746. The zero-order valence-corrected chi connectivity index (χ0v) is 8.42. The van der Waals surface area contributed by atoms with Crippen molar-refractivity contribution < 1.29 is 47.7 Å². The average molecular weight is 221 g/mol. The van der Waals surface area contributed by atoms with Gasteiger partial charge in [-0.3, -0.25) is 0 Å². The predicted octanol–water partition coefficient (Wildman–Crippen LogP) is -1.71. The van der Waals surface area contributed by atoms with Crippen LogP contribution in [0, 0.1) is 6.92 Å². The molecule has 0 bridgehead atoms. The number of aliphatic hydroxyl groups is 2. The van der Waals surface area contributed by atoms with E-state index in [1.807, 2.05) is 0 Å². The van der Waals surface area contributed by atoms with Gasteiger partial charge in [0.2, 0.25) is 0 Å². The van der Waals surface area contributed by atoms with Crippen LogP contribution in [0.15, 0.2) is 0 Å². The molecule has 0 aliphatic rings. The van der Waals surface area contributed by atoms with Crippen LogP contribution < -0.4 is 5.32 Å². The van der Waals surface area contributed by atoms with Crippen LogP contribution in [0.2, 0.25) is 0 Å². The van der Waals surface area contributed by atoms with E-state index >= 15 is 0 Å². The molecule has 0 heterocycles. The zero-order valence-electron chi connectivity index (χ0n) is 5.58. The first-order valence-corrected chi connectivity index (χ1v) is 2.55. The van der Waals surface area contributed by atoms with Gasteiger partial charge in [-0.2, -0.15) is 0 Å². The molecule has 0 saturated carbocycles. The molecule has 10 heavy (non-hydrogen) atoms. The van der Waals surface area contributed by atoms with E-state index in [-0.39, 0.29) is 45.9 Å². The van der Waals surface area contributed by atoms with E-state index in [2.05, 4.69) is 12.2 Å². The maximum absolute atomic E-state index is 10.0. The van der Waals surface area contributed by atoms with E-state index in [1.165, 1.54) is 0 Å². The quantitative estimate of drug-likeness (QED) is 0.497. The Labute approximate surface area is 84.9 Å². The number of hydrogen-bond donors (Lipinski definition) is 3. The largest absolute Gasteiger partial charge is 0.394 e. The molecular weight excluding hydrogens is 211 g/mol. The summed E-state index contributed by atoms with van der Waals surface area (Å²) in [6.07, 6.45) is -0.879. The van der Waals surface area contributed by atoms with Gasteiger partial charge in [0.05, 0.1) is 18.6 Å². The molecule has 0 rings (SSSR count). The molecule has 1 radical (unpaired) electrons. The van der Waals surface area contributed by atoms with Crippen LogP contribution in [0.4, 0.5) is 0 Å². The van der Waals surface area contributed by atoms with Gasteiger partial charge in [-0.1, -0.05) is 0 Å². The van der Waals surface area contributed by atoms with Gasteiger partial charge in [-0.25, -0.2) is 0 Å². The molecule has 1 amide bonds. The van der Waals surface area contributed by atoms with Crippen LogP contribution in [0.1, 0.15) is 0 Å². The second-order valence-corrected chi connectivity index (χ2v) is 1.64. The smallest absolute Gasteiger partial charge is 0.0942 e. The van der Waals surface area contributed by atoms with Crippen molar-refractivity contribution in [2.45, 2.75) is 6.10 Å². The summed E-state index contributed by atoms with van der Waals surface area (Å²) in [7, 11) is 0. The molecule has 0 spiro atoms. The number of nitrogens with one attached hydrogen (secondary N) is 1. The second-order valence-electron chi connectivity index (χ2n) is 1.64. The first kappa shape index (κ1) is 13.0. The van der Waals surface area contributed by atoms with Crippen molar-refractivity contribution in [2.24, 2.45) is 0 Å². The summed E-state index contributed by atoms with van der Waals surface area (Å²) in [4.78, 5) is 10.0. The summed E-state index contributed by atoms with van der Waals surface area (Å²) in [5.74, 6) is -0.456. The Bertz CT molecular complexity index is 98.9. The molecular formula is C5H10NO3Y-. The fourth-order valence-corrected chi connectivity index (χ4v) is 0.296. The normalized spacial score (nSPS) is 11.4. The van der Waals surface area contributed by atoms with Crippen LogP contribution in [0.3, 0.4) is 0 Å². The molecule has 1 unspecified atom stereocenters. The molecule has 0 aliphatic carbocycles. The minimum Gasteiger partial charge on any atom is -0.394 e. The minimum atomic E-state index is -0.879. The van der Waals surface area contributed by atoms with Crippen LogP contribution in [-0.4, -0.2) is 35.4 Å². The maximum atomic E-state index is 10.0. The van der Waals surface area contributed by atoms with E-state index < -0.39 is 12.0 Å². The van der Waals surface area contributed by atoms with Crippen molar-refractivity contribution in [3.05, 3.63) is 6.92 Å². The van der Waals surface area contributed by atoms with Crippen molar-refractivity contribution in [3.8, 4) is 0 Å².